The van der Waals surface area contributed by atoms with Gasteiger partial charge >= 0.3 is 6.18 Å². The molecule has 19 heavy (non-hydrogen) atoms. The van der Waals surface area contributed by atoms with E-state index in [0.717, 1.165) is 4.90 Å². The molecule has 0 bridgehead atoms. The monoisotopic (exact) mass is 274 g/mol. The molecule has 1 saturated heterocycles. The Bertz CT molecular complexity index is 476. The number of methoxy groups -OCH3 is 1. The summed E-state index contributed by atoms with van der Waals surface area (Å²) in [5.41, 5.74) is 0.316. The van der Waals surface area contributed by atoms with Crippen molar-refractivity contribution in [2.45, 2.75) is 12.2 Å². The average Bonchev–Trinajstić information content (AvgIpc) is 2.37. The molecule has 0 aromatic heterocycles. The third-order valence-corrected chi connectivity index (χ3v) is 2.95. The van der Waals surface area contributed by atoms with Crippen LogP contribution in [0.2, 0.25) is 0 Å². The van der Waals surface area contributed by atoms with Crippen molar-refractivity contribution in [1.29, 1.82) is 0 Å². The van der Waals surface area contributed by atoms with Gasteiger partial charge < -0.3 is 15.0 Å². The summed E-state index contributed by atoms with van der Waals surface area (Å²) < 4.78 is 43.9. The lowest BCUT2D eigenvalue weighted by atomic mass is 10.1. The second kappa shape index (κ2) is 4.99. The number of hydrogen-bond acceptors (Lipinski definition) is 3. The van der Waals surface area contributed by atoms with E-state index in [1.165, 1.54) is 19.2 Å². The zero-order valence-electron chi connectivity index (χ0n) is 10.2. The average molecular weight is 274 g/mol. The van der Waals surface area contributed by atoms with Gasteiger partial charge in [-0.3, -0.25) is 4.79 Å². The van der Waals surface area contributed by atoms with Gasteiger partial charge in [-0.25, -0.2) is 0 Å². The Hall–Kier alpha value is -1.92. The van der Waals surface area contributed by atoms with Crippen LogP contribution in [0.25, 0.3) is 0 Å². The Labute approximate surface area is 108 Å². The fourth-order valence-electron chi connectivity index (χ4n) is 1.99. The number of carbonyl (C=O) groups is 1. The summed E-state index contributed by atoms with van der Waals surface area (Å²) in [5.74, 6) is 0.0210. The highest BCUT2D eigenvalue weighted by Gasteiger charge is 2.46. The first kappa shape index (κ1) is 13.5. The molecule has 1 N–H and O–H groups in total. The van der Waals surface area contributed by atoms with Crippen LogP contribution in [0.4, 0.5) is 18.9 Å². The summed E-state index contributed by atoms with van der Waals surface area (Å²) in [6, 6.07) is 4.51. The number of amides is 1. The summed E-state index contributed by atoms with van der Waals surface area (Å²) in [4.78, 5) is 12.4. The Balaban J connectivity index is 2.33. The molecule has 1 aromatic carbocycles. The van der Waals surface area contributed by atoms with Gasteiger partial charge in [-0.1, -0.05) is 6.07 Å². The van der Waals surface area contributed by atoms with Crippen LogP contribution in [0.5, 0.6) is 5.75 Å². The molecule has 0 spiro atoms. The van der Waals surface area contributed by atoms with E-state index in [1.54, 1.807) is 12.1 Å². The van der Waals surface area contributed by atoms with Crippen LogP contribution in [0.15, 0.2) is 24.3 Å². The van der Waals surface area contributed by atoms with Crippen molar-refractivity contribution in [1.82, 2.24) is 5.32 Å². The number of alkyl halides is 3. The highest BCUT2D eigenvalue weighted by atomic mass is 19.4. The zero-order valence-corrected chi connectivity index (χ0v) is 10.2. The minimum absolute atomic E-state index is 0.316. The summed E-state index contributed by atoms with van der Waals surface area (Å²) >= 11 is 0. The van der Waals surface area contributed by atoms with Crippen molar-refractivity contribution < 1.29 is 22.7 Å². The van der Waals surface area contributed by atoms with E-state index in [1.807, 2.05) is 0 Å². The quantitative estimate of drug-likeness (QED) is 0.890. The molecule has 1 amide bonds. The second-order valence-corrected chi connectivity index (χ2v) is 4.19. The molecular weight excluding hydrogens is 261 g/mol. The fourth-order valence-corrected chi connectivity index (χ4v) is 1.99. The number of nitrogens with zero attached hydrogens (tertiary/aromatic N) is 1. The highest BCUT2D eigenvalue weighted by Crippen LogP contribution is 2.31. The van der Waals surface area contributed by atoms with Crippen LogP contribution >= 0.6 is 0 Å². The number of carbonyl (C=O) groups excluding carboxylic acids is 1. The first-order valence-electron chi connectivity index (χ1n) is 5.66. The third-order valence-electron chi connectivity index (χ3n) is 2.95. The highest BCUT2D eigenvalue weighted by molar-refractivity contribution is 5.83. The Morgan fingerprint density at radius 3 is 2.79 bits per heavy atom. The van der Waals surface area contributed by atoms with Gasteiger partial charge in [-0.15, -0.1) is 0 Å². The molecule has 1 fully saturated rings. The number of hydrogen-bond donors (Lipinski definition) is 1. The van der Waals surface area contributed by atoms with Gasteiger partial charge in [-0.05, 0) is 12.1 Å². The molecule has 4 nitrogen and oxygen atoms in total. The minimum atomic E-state index is -4.41. The summed E-state index contributed by atoms with van der Waals surface area (Å²) in [6.07, 6.45) is -4.41. The SMILES string of the molecule is COc1cccc(N2CC(=O)NCC2C(F)(F)F)c1. The standard InChI is InChI=1S/C12H13F3N2O2/c1-19-9-4-2-3-8(5-9)17-7-11(18)16-6-10(17)12(13,14)15/h2-5,10H,6-7H2,1H3,(H,16,18). The largest absolute Gasteiger partial charge is 0.497 e. The van der Waals surface area contributed by atoms with E-state index >= 15 is 0 Å². The fraction of sp³-hybridized carbons (Fsp3) is 0.417. The van der Waals surface area contributed by atoms with Gasteiger partial charge in [0.25, 0.3) is 0 Å². The molecule has 7 heteroatoms. The molecule has 0 saturated carbocycles. The van der Waals surface area contributed by atoms with Gasteiger partial charge in [0.2, 0.25) is 5.91 Å². The first-order chi connectivity index (χ1) is 8.91. The second-order valence-electron chi connectivity index (χ2n) is 4.19. The number of halogens is 3. The van der Waals surface area contributed by atoms with Crippen LogP contribution in [-0.2, 0) is 4.79 Å². The van der Waals surface area contributed by atoms with Gasteiger partial charge in [0.1, 0.15) is 11.8 Å². The van der Waals surface area contributed by atoms with E-state index in [9.17, 15) is 18.0 Å². The van der Waals surface area contributed by atoms with Gasteiger partial charge in [0, 0.05) is 18.3 Å². The molecule has 1 aromatic rings. The van der Waals surface area contributed by atoms with Crippen molar-refractivity contribution in [2.75, 3.05) is 25.1 Å². The van der Waals surface area contributed by atoms with Gasteiger partial charge in [0.15, 0.2) is 0 Å². The van der Waals surface area contributed by atoms with Crippen molar-refractivity contribution in [3.8, 4) is 5.75 Å². The molecule has 1 aliphatic rings. The maximum absolute atomic E-state index is 13.0. The Morgan fingerprint density at radius 2 is 2.16 bits per heavy atom. The van der Waals surface area contributed by atoms with E-state index in [-0.39, 0.29) is 6.54 Å². The van der Waals surface area contributed by atoms with Gasteiger partial charge in [0.05, 0.1) is 13.7 Å². The van der Waals surface area contributed by atoms with E-state index < -0.39 is 24.7 Å². The van der Waals surface area contributed by atoms with Crippen molar-refractivity contribution in [3.05, 3.63) is 24.3 Å². The molecule has 104 valence electrons. The summed E-state index contributed by atoms with van der Waals surface area (Å²) in [5, 5.41) is 2.24. The number of benzene rings is 1. The number of rotatable bonds is 2. The predicted molar refractivity (Wildman–Crippen MR) is 63.2 cm³/mol. The molecule has 2 rings (SSSR count). The molecule has 1 heterocycles. The Morgan fingerprint density at radius 1 is 1.42 bits per heavy atom. The maximum Gasteiger partial charge on any atom is 0.410 e. The van der Waals surface area contributed by atoms with Gasteiger partial charge in [-0.2, -0.15) is 13.2 Å². The minimum Gasteiger partial charge on any atom is -0.497 e. The summed E-state index contributed by atoms with van der Waals surface area (Å²) in [7, 11) is 1.43. The van der Waals surface area contributed by atoms with Crippen molar-refractivity contribution in [3.63, 3.8) is 0 Å². The number of nitrogens with one attached hydrogen (secondary N) is 1. The lowest BCUT2D eigenvalue weighted by molar-refractivity contribution is -0.153. The Kier molecular flexibility index (Phi) is 3.55. The van der Waals surface area contributed by atoms with E-state index in [4.69, 9.17) is 4.74 Å². The van der Waals surface area contributed by atoms with Crippen LogP contribution in [0.1, 0.15) is 0 Å². The lowest BCUT2D eigenvalue weighted by Gasteiger charge is -2.38. The molecule has 1 unspecified atom stereocenters. The zero-order chi connectivity index (χ0) is 14.0. The lowest BCUT2D eigenvalue weighted by Crippen LogP contribution is -2.60. The summed E-state index contributed by atoms with van der Waals surface area (Å²) in [6.45, 7) is -0.767. The molecule has 1 atom stereocenters. The van der Waals surface area contributed by atoms with Crippen LogP contribution in [0, 0.1) is 0 Å². The molecular formula is C12H13F3N2O2. The van der Waals surface area contributed by atoms with Crippen molar-refractivity contribution in [2.24, 2.45) is 0 Å². The van der Waals surface area contributed by atoms with Crippen molar-refractivity contribution >= 4 is 11.6 Å². The number of anilines is 1. The smallest absolute Gasteiger partial charge is 0.410 e. The molecule has 0 radical (unpaired) electrons. The third kappa shape index (κ3) is 2.91. The number of ether oxygens (including phenoxy) is 1. The predicted octanol–water partition coefficient (Wildman–Crippen LogP) is 1.56. The van der Waals surface area contributed by atoms with E-state index in [2.05, 4.69) is 5.32 Å². The normalized spacial score (nSPS) is 20.1. The molecule has 0 aliphatic carbocycles. The van der Waals surface area contributed by atoms with Crippen LogP contribution in [0.3, 0.4) is 0 Å². The first-order valence-corrected chi connectivity index (χ1v) is 5.66. The maximum atomic E-state index is 13.0. The number of piperazine rings is 1. The van der Waals surface area contributed by atoms with Crippen LogP contribution < -0.4 is 15.0 Å². The topological polar surface area (TPSA) is 41.6 Å². The van der Waals surface area contributed by atoms with E-state index in [0.29, 0.717) is 11.4 Å². The molecule has 1 aliphatic heterocycles. The van der Waals surface area contributed by atoms with Crippen LogP contribution in [-0.4, -0.2) is 38.3 Å².